The van der Waals surface area contributed by atoms with Crippen LogP contribution in [0.2, 0.25) is 10.0 Å². The highest BCUT2D eigenvalue weighted by atomic mass is 35.5. The second kappa shape index (κ2) is 7.36. The Kier molecular flexibility index (Phi) is 5.24. The van der Waals surface area contributed by atoms with Crippen LogP contribution in [0.15, 0.2) is 48.5 Å². The normalized spacial score (nSPS) is 16.6. The van der Waals surface area contributed by atoms with Crippen LogP contribution in [-0.2, 0) is 6.54 Å². The first-order chi connectivity index (χ1) is 10.7. The number of benzene rings is 2. The van der Waals surface area contributed by atoms with Crippen LogP contribution < -0.4 is 5.32 Å². The number of nitrogens with zero attached hydrogens (tertiary/aromatic N) is 1. The Morgan fingerprint density at radius 2 is 1.68 bits per heavy atom. The van der Waals surface area contributed by atoms with E-state index in [2.05, 4.69) is 40.5 Å². The Morgan fingerprint density at radius 3 is 2.41 bits per heavy atom. The molecule has 0 unspecified atom stereocenters. The lowest BCUT2D eigenvalue weighted by Crippen LogP contribution is -2.38. The van der Waals surface area contributed by atoms with Crippen LogP contribution in [0.25, 0.3) is 0 Å². The van der Waals surface area contributed by atoms with E-state index in [1.807, 2.05) is 18.2 Å². The lowest BCUT2D eigenvalue weighted by Gasteiger charge is -2.33. The van der Waals surface area contributed by atoms with Crippen molar-refractivity contribution >= 4 is 28.9 Å². The van der Waals surface area contributed by atoms with Gasteiger partial charge in [-0.15, -0.1) is 0 Å². The quantitative estimate of drug-likeness (QED) is 0.839. The Balaban J connectivity index is 1.52. The van der Waals surface area contributed by atoms with Crippen molar-refractivity contribution < 1.29 is 0 Å². The maximum Gasteiger partial charge on any atom is 0.0823 e. The zero-order valence-electron chi connectivity index (χ0n) is 12.4. The van der Waals surface area contributed by atoms with Crippen LogP contribution in [-0.4, -0.2) is 24.0 Å². The van der Waals surface area contributed by atoms with E-state index >= 15 is 0 Å². The van der Waals surface area contributed by atoms with Gasteiger partial charge in [-0.3, -0.25) is 4.90 Å². The predicted molar refractivity (Wildman–Crippen MR) is 94.8 cm³/mol. The summed E-state index contributed by atoms with van der Waals surface area (Å²) in [5.74, 6) is 0. The number of hydrogen-bond donors (Lipinski definition) is 1. The zero-order chi connectivity index (χ0) is 15.4. The molecule has 2 aromatic rings. The van der Waals surface area contributed by atoms with E-state index < -0.39 is 0 Å². The van der Waals surface area contributed by atoms with Crippen molar-refractivity contribution in [2.45, 2.75) is 25.4 Å². The summed E-state index contributed by atoms with van der Waals surface area (Å²) in [6, 6.07) is 16.8. The highest BCUT2D eigenvalue weighted by Crippen LogP contribution is 2.31. The molecule has 1 aliphatic heterocycles. The van der Waals surface area contributed by atoms with Crippen molar-refractivity contribution in [2.75, 3.05) is 18.4 Å². The van der Waals surface area contributed by atoms with Crippen LogP contribution in [0.5, 0.6) is 0 Å². The number of halogens is 2. The van der Waals surface area contributed by atoms with E-state index in [0.29, 0.717) is 16.1 Å². The maximum absolute atomic E-state index is 6.24. The molecule has 3 rings (SSSR count). The van der Waals surface area contributed by atoms with Crippen LogP contribution in [0.4, 0.5) is 5.69 Å². The van der Waals surface area contributed by atoms with Gasteiger partial charge in [-0.05, 0) is 30.5 Å². The third kappa shape index (κ3) is 3.95. The lowest BCUT2D eigenvalue weighted by molar-refractivity contribution is 0.211. The number of rotatable bonds is 4. The average Bonchev–Trinajstić information content (AvgIpc) is 2.55. The van der Waals surface area contributed by atoms with Gasteiger partial charge < -0.3 is 5.32 Å². The molecule has 22 heavy (non-hydrogen) atoms. The second-order valence-electron chi connectivity index (χ2n) is 5.78. The molecular weight excluding hydrogens is 315 g/mol. The smallest absolute Gasteiger partial charge is 0.0823 e. The molecule has 0 bridgehead atoms. The standard InChI is InChI=1S/C18H20Cl2N2/c19-16-7-4-8-17(18(16)20)21-15-9-11-22(12-10-15)13-14-5-2-1-3-6-14/h1-8,15,21H,9-13H2. The van der Waals surface area contributed by atoms with Gasteiger partial charge in [0, 0.05) is 25.7 Å². The molecule has 0 saturated carbocycles. The second-order valence-corrected chi connectivity index (χ2v) is 6.57. The first-order valence-electron chi connectivity index (χ1n) is 7.69. The molecule has 1 heterocycles. The monoisotopic (exact) mass is 334 g/mol. The van der Waals surface area contributed by atoms with Gasteiger partial charge in [0.15, 0.2) is 0 Å². The number of piperidine rings is 1. The van der Waals surface area contributed by atoms with Crippen LogP contribution in [0, 0.1) is 0 Å². The Bertz CT molecular complexity index is 608. The molecule has 1 aliphatic rings. The predicted octanol–water partition coefficient (Wildman–Crippen LogP) is 5.07. The number of likely N-dealkylation sites (tertiary alicyclic amines) is 1. The summed E-state index contributed by atoms with van der Waals surface area (Å²) in [4.78, 5) is 2.51. The van der Waals surface area contributed by atoms with Gasteiger partial charge in [0.2, 0.25) is 0 Å². The summed E-state index contributed by atoms with van der Waals surface area (Å²) in [6.45, 7) is 3.24. The molecule has 4 heteroatoms. The third-order valence-electron chi connectivity index (χ3n) is 4.15. The Hall–Kier alpha value is -1.22. The van der Waals surface area contributed by atoms with Crippen molar-refractivity contribution in [3.8, 4) is 0 Å². The summed E-state index contributed by atoms with van der Waals surface area (Å²) < 4.78 is 0. The molecule has 0 spiro atoms. The fourth-order valence-electron chi connectivity index (χ4n) is 2.91. The first-order valence-corrected chi connectivity index (χ1v) is 8.45. The van der Waals surface area contributed by atoms with Crippen LogP contribution >= 0.6 is 23.2 Å². The first kappa shape index (κ1) is 15.7. The molecule has 0 atom stereocenters. The summed E-state index contributed by atoms with van der Waals surface area (Å²) in [5.41, 5.74) is 2.32. The maximum atomic E-state index is 6.24. The highest BCUT2D eigenvalue weighted by molar-refractivity contribution is 6.43. The minimum atomic E-state index is 0.461. The van der Waals surface area contributed by atoms with E-state index in [0.717, 1.165) is 38.2 Å². The van der Waals surface area contributed by atoms with E-state index in [1.165, 1.54) is 5.56 Å². The number of nitrogens with one attached hydrogen (secondary N) is 1. The summed E-state index contributed by atoms with van der Waals surface area (Å²) in [5, 5.41) is 4.76. The molecule has 1 N–H and O–H groups in total. The minimum Gasteiger partial charge on any atom is -0.381 e. The summed E-state index contributed by atoms with van der Waals surface area (Å²) >= 11 is 12.3. The fraction of sp³-hybridized carbons (Fsp3) is 0.333. The van der Waals surface area contributed by atoms with Gasteiger partial charge in [-0.1, -0.05) is 59.6 Å². The molecule has 0 aromatic heterocycles. The Morgan fingerprint density at radius 1 is 0.955 bits per heavy atom. The fourth-order valence-corrected chi connectivity index (χ4v) is 3.27. The van der Waals surface area contributed by atoms with E-state index in [4.69, 9.17) is 23.2 Å². The van der Waals surface area contributed by atoms with Gasteiger partial charge in [-0.25, -0.2) is 0 Å². The molecule has 0 amide bonds. The van der Waals surface area contributed by atoms with Crippen LogP contribution in [0.3, 0.4) is 0 Å². The zero-order valence-corrected chi connectivity index (χ0v) is 13.9. The van der Waals surface area contributed by atoms with Gasteiger partial charge in [0.05, 0.1) is 15.7 Å². The molecule has 0 radical (unpaired) electrons. The Labute approximate surface area is 142 Å². The SMILES string of the molecule is Clc1cccc(NC2CCN(Cc3ccccc3)CC2)c1Cl. The lowest BCUT2D eigenvalue weighted by atomic mass is 10.0. The molecule has 116 valence electrons. The van der Waals surface area contributed by atoms with Crippen molar-refractivity contribution in [1.29, 1.82) is 0 Å². The molecule has 1 fully saturated rings. The highest BCUT2D eigenvalue weighted by Gasteiger charge is 2.20. The third-order valence-corrected chi connectivity index (χ3v) is 4.97. The van der Waals surface area contributed by atoms with E-state index in [-0.39, 0.29) is 0 Å². The van der Waals surface area contributed by atoms with Gasteiger partial charge in [0.1, 0.15) is 0 Å². The molecular formula is C18H20Cl2N2. The van der Waals surface area contributed by atoms with E-state index in [9.17, 15) is 0 Å². The largest absolute Gasteiger partial charge is 0.381 e. The summed E-state index contributed by atoms with van der Waals surface area (Å²) in [6.07, 6.45) is 2.24. The number of anilines is 1. The molecule has 2 aromatic carbocycles. The van der Waals surface area contributed by atoms with Gasteiger partial charge >= 0.3 is 0 Å². The minimum absolute atomic E-state index is 0.461. The van der Waals surface area contributed by atoms with Crippen molar-refractivity contribution in [3.63, 3.8) is 0 Å². The van der Waals surface area contributed by atoms with E-state index in [1.54, 1.807) is 0 Å². The average molecular weight is 335 g/mol. The van der Waals surface area contributed by atoms with Crippen LogP contribution in [0.1, 0.15) is 18.4 Å². The molecule has 2 nitrogen and oxygen atoms in total. The van der Waals surface area contributed by atoms with Crippen molar-refractivity contribution in [2.24, 2.45) is 0 Å². The van der Waals surface area contributed by atoms with Crippen molar-refractivity contribution in [3.05, 3.63) is 64.1 Å². The number of hydrogen-bond acceptors (Lipinski definition) is 2. The topological polar surface area (TPSA) is 15.3 Å². The molecule has 0 aliphatic carbocycles. The summed E-state index contributed by atoms with van der Waals surface area (Å²) in [7, 11) is 0. The van der Waals surface area contributed by atoms with Gasteiger partial charge in [0.25, 0.3) is 0 Å². The molecule has 1 saturated heterocycles. The van der Waals surface area contributed by atoms with Crippen molar-refractivity contribution in [1.82, 2.24) is 4.90 Å². The van der Waals surface area contributed by atoms with Gasteiger partial charge in [-0.2, -0.15) is 0 Å².